The van der Waals surface area contributed by atoms with E-state index in [9.17, 15) is 4.79 Å². The smallest absolute Gasteiger partial charge is 0.276 e. The summed E-state index contributed by atoms with van der Waals surface area (Å²) >= 11 is 0. The van der Waals surface area contributed by atoms with Crippen molar-refractivity contribution in [2.45, 2.75) is 44.6 Å². The maximum Gasteiger partial charge on any atom is 0.276 e. The maximum atomic E-state index is 13.2. The number of hydrogen-bond acceptors (Lipinski definition) is 4. The van der Waals surface area contributed by atoms with Crippen molar-refractivity contribution in [2.24, 2.45) is 0 Å². The summed E-state index contributed by atoms with van der Waals surface area (Å²) in [5.74, 6) is 1.26. The van der Waals surface area contributed by atoms with Gasteiger partial charge in [0, 0.05) is 37.0 Å². The zero-order valence-electron chi connectivity index (χ0n) is 15.9. The minimum absolute atomic E-state index is 0.0263. The van der Waals surface area contributed by atoms with Crippen molar-refractivity contribution >= 4 is 5.91 Å². The Bertz CT molecular complexity index is 794. The Kier molecular flexibility index (Phi) is 4.57. The number of likely N-dealkylation sites (tertiary alicyclic amines) is 1. The number of fused-ring (bicyclic) bond motifs is 1. The molecule has 0 spiro atoms. The first-order chi connectivity index (χ1) is 12.5. The number of nitrogens with zero attached hydrogens (tertiary/aromatic N) is 3. The van der Waals surface area contributed by atoms with Gasteiger partial charge in [0.05, 0.1) is 0 Å². The predicted molar refractivity (Wildman–Crippen MR) is 100 cm³/mol. The summed E-state index contributed by atoms with van der Waals surface area (Å²) in [5, 5.41) is 4.14. The number of carbonyl (C=O) groups is 1. The van der Waals surface area contributed by atoms with Gasteiger partial charge in [0.2, 0.25) is 0 Å². The van der Waals surface area contributed by atoms with Gasteiger partial charge >= 0.3 is 0 Å². The number of carbonyl (C=O) groups excluding carboxylic acids is 1. The van der Waals surface area contributed by atoms with Crippen molar-refractivity contribution in [3.63, 3.8) is 0 Å². The summed E-state index contributed by atoms with van der Waals surface area (Å²) in [6.07, 6.45) is 4.05. The van der Waals surface area contributed by atoms with Crippen LogP contribution in [0, 0.1) is 6.92 Å². The quantitative estimate of drug-likeness (QED) is 0.851. The molecule has 2 aliphatic rings. The zero-order chi connectivity index (χ0) is 18.3. The molecule has 2 heterocycles. The third-order valence-corrected chi connectivity index (χ3v) is 5.90. The molecule has 1 aromatic heterocycles. The van der Waals surface area contributed by atoms with E-state index in [0.29, 0.717) is 17.7 Å². The number of amides is 1. The van der Waals surface area contributed by atoms with Crippen molar-refractivity contribution < 1.29 is 9.32 Å². The van der Waals surface area contributed by atoms with Crippen LogP contribution >= 0.6 is 0 Å². The van der Waals surface area contributed by atoms with Gasteiger partial charge in [-0.25, -0.2) is 0 Å². The van der Waals surface area contributed by atoms with Gasteiger partial charge in [0.1, 0.15) is 5.76 Å². The minimum Gasteiger partial charge on any atom is -0.360 e. The summed E-state index contributed by atoms with van der Waals surface area (Å²) in [6, 6.07) is 9.01. The molecule has 1 aliphatic heterocycles. The lowest BCUT2D eigenvalue weighted by molar-refractivity contribution is 0.0771. The Labute approximate surface area is 155 Å². The molecule has 1 saturated heterocycles. The summed E-state index contributed by atoms with van der Waals surface area (Å²) in [4.78, 5) is 17.4. The molecule has 0 bridgehead atoms. The highest BCUT2D eigenvalue weighted by Crippen LogP contribution is 2.32. The van der Waals surface area contributed by atoms with Gasteiger partial charge in [0.25, 0.3) is 5.91 Å². The number of aryl methyl sites for hydroxylation is 2. The number of likely N-dealkylation sites (N-methyl/N-ethyl adjacent to an activating group) is 1. The van der Waals surface area contributed by atoms with Crippen LogP contribution in [0.25, 0.3) is 0 Å². The molecule has 0 N–H and O–H groups in total. The van der Waals surface area contributed by atoms with E-state index in [-0.39, 0.29) is 5.91 Å². The van der Waals surface area contributed by atoms with Crippen molar-refractivity contribution in [3.8, 4) is 0 Å². The van der Waals surface area contributed by atoms with Gasteiger partial charge in [-0.15, -0.1) is 0 Å². The third-order valence-electron chi connectivity index (χ3n) is 5.90. The molecule has 138 valence electrons. The molecule has 5 heteroatoms. The predicted octanol–water partition coefficient (Wildman–Crippen LogP) is 3.03. The molecule has 1 amide bonds. The van der Waals surface area contributed by atoms with Crippen LogP contribution in [-0.4, -0.2) is 54.1 Å². The SMILES string of the molecule is Cc1ccc([C@@H]2CN(C(=O)c3noc4c3CCCC4)C[C@H]2N(C)C)cc1. The normalized spacial score (nSPS) is 22.7. The van der Waals surface area contributed by atoms with E-state index < -0.39 is 0 Å². The van der Waals surface area contributed by atoms with E-state index >= 15 is 0 Å². The molecule has 1 fully saturated rings. The highest BCUT2D eigenvalue weighted by Gasteiger charge is 2.39. The first kappa shape index (κ1) is 17.3. The van der Waals surface area contributed by atoms with Gasteiger partial charge in [-0.1, -0.05) is 35.0 Å². The zero-order valence-corrected chi connectivity index (χ0v) is 15.9. The van der Waals surface area contributed by atoms with E-state index in [1.54, 1.807) is 0 Å². The molecule has 5 nitrogen and oxygen atoms in total. The van der Waals surface area contributed by atoms with Crippen molar-refractivity contribution in [3.05, 3.63) is 52.4 Å². The molecule has 0 unspecified atom stereocenters. The molecule has 0 saturated carbocycles. The van der Waals surface area contributed by atoms with Crippen LogP contribution in [0.1, 0.15) is 51.7 Å². The van der Waals surface area contributed by atoms with Crippen LogP contribution in [0.15, 0.2) is 28.8 Å². The topological polar surface area (TPSA) is 49.6 Å². The van der Waals surface area contributed by atoms with Crippen LogP contribution in [0.2, 0.25) is 0 Å². The van der Waals surface area contributed by atoms with Crippen molar-refractivity contribution in [1.29, 1.82) is 0 Å². The standard InChI is InChI=1S/C21H27N3O2/c1-14-8-10-15(11-9-14)17-12-24(13-18(17)23(2)3)21(25)20-16-6-4-5-7-19(16)26-22-20/h8-11,17-18H,4-7,12-13H2,1-3H3/t17-,18+/m0/s1. The molecule has 1 aromatic carbocycles. The summed E-state index contributed by atoms with van der Waals surface area (Å²) in [7, 11) is 4.19. The molecular weight excluding hydrogens is 326 g/mol. The van der Waals surface area contributed by atoms with Gasteiger partial charge in [-0.3, -0.25) is 4.79 Å². The Balaban J connectivity index is 1.59. The average Bonchev–Trinajstić information content (AvgIpc) is 3.26. The first-order valence-corrected chi connectivity index (χ1v) is 9.54. The third kappa shape index (κ3) is 3.05. The Morgan fingerprint density at radius 3 is 2.62 bits per heavy atom. The first-order valence-electron chi connectivity index (χ1n) is 9.54. The van der Waals surface area contributed by atoms with Crippen LogP contribution in [-0.2, 0) is 12.8 Å². The number of benzene rings is 1. The Morgan fingerprint density at radius 2 is 1.88 bits per heavy atom. The van der Waals surface area contributed by atoms with Gasteiger partial charge in [-0.05, 0) is 45.8 Å². The highest BCUT2D eigenvalue weighted by atomic mass is 16.5. The lowest BCUT2D eigenvalue weighted by Gasteiger charge is -2.25. The number of rotatable bonds is 3. The Hall–Kier alpha value is -2.14. The molecule has 2 aromatic rings. The largest absolute Gasteiger partial charge is 0.360 e. The van der Waals surface area contributed by atoms with Gasteiger partial charge in [0.15, 0.2) is 5.69 Å². The lowest BCUT2D eigenvalue weighted by atomic mass is 9.93. The van der Waals surface area contributed by atoms with Gasteiger partial charge in [-0.2, -0.15) is 0 Å². The monoisotopic (exact) mass is 353 g/mol. The lowest BCUT2D eigenvalue weighted by Crippen LogP contribution is -2.36. The molecule has 0 radical (unpaired) electrons. The van der Waals surface area contributed by atoms with Gasteiger partial charge < -0.3 is 14.3 Å². The van der Waals surface area contributed by atoms with E-state index in [1.807, 2.05) is 4.90 Å². The van der Waals surface area contributed by atoms with E-state index in [0.717, 1.165) is 50.1 Å². The maximum absolute atomic E-state index is 13.2. The van der Waals surface area contributed by atoms with Crippen molar-refractivity contribution in [1.82, 2.24) is 15.0 Å². The molecular formula is C21H27N3O2. The van der Waals surface area contributed by atoms with Crippen LogP contribution < -0.4 is 0 Å². The molecule has 2 atom stereocenters. The van der Waals surface area contributed by atoms with E-state index in [1.165, 1.54) is 11.1 Å². The van der Waals surface area contributed by atoms with Crippen LogP contribution in [0.4, 0.5) is 0 Å². The number of aromatic nitrogens is 1. The molecule has 4 rings (SSSR count). The highest BCUT2D eigenvalue weighted by molar-refractivity contribution is 5.94. The van der Waals surface area contributed by atoms with E-state index in [4.69, 9.17) is 4.52 Å². The fourth-order valence-electron chi connectivity index (χ4n) is 4.32. The summed E-state index contributed by atoms with van der Waals surface area (Å²) in [6.45, 7) is 3.56. The fraction of sp³-hybridized carbons (Fsp3) is 0.524. The van der Waals surface area contributed by atoms with Crippen molar-refractivity contribution in [2.75, 3.05) is 27.2 Å². The fourth-order valence-corrected chi connectivity index (χ4v) is 4.32. The van der Waals surface area contributed by atoms with Crippen LogP contribution in [0.3, 0.4) is 0 Å². The Morgan fingerprint density at radius 1 is 1.15 bits per heavy atom. The second-order valence-electron chi connectivity index (χ2n) is 7.90. The minimum atomic E-state index is 0.0263. The van der Waals surface area contributed by atoms with Crippen LogP contribution in [0.5, 0.6) is 0 Å². The molecule has 26 heavy (non-hydrogen) atoms. The average molecular weight is 353 g/mol. The van der Waals surface area contributed by atoms with E-state index in [2.05, 4.69) is 55.3 Å². The second kappa shape index (κ2) is 6.88. The summed E-state index contributed by atoms with van der Waals surface area (Å²) < 4.78 is 5.46. The second-order valence-corrected chi connectivity index (χ2v) is 7.90. The molecule has 1 aliphatic carbocycles. The summed E-state index contributed by atoms with van der Waals surface area (Å²) in [5.41, 5.74) is 4.14. The number of hydrogen-bond donors (Lipinski definition) is 0.